The van der Waals surface area contributed by atoms with Crippen LogP contribution in [0.25, 0.3) is 11.5 Å². The van der Waals surface area contributed by atoms with Crippen LogP contribution in [0.5, 0.6) is 0 Å². The molecule has 2 heterocycles. The van der Waals surface area contributed by atoms with Gasteiger partial charge in [-0.15, -0.1) is 10.2 Å². The number of aryl methyl sites for hydroxylation is 1. The van der Waals surface area contributed by atoms with E-state index >= 15 is 0 Å². The van der Waals surface area contributed by atoms with Crippen LogP contribution in [0, 0.1) is 5.92 Å². The van der Waals surface area contributed by atoms with Gasteiger partial charge in [0.25, 0.3) is 0 Å². The molecule has 1 fully saturated rings. The van der Waals surface area contributed by atoms with E-state index in [1.165, 1.54) is 0 Å². The fourth-order valence-corrected chi connectivity index (χ4v) is 3.17. The molecule has 25 heavy (non-hydrogen) atoms. The number of hydrogen-bond acceptors (Lipinski definition) is 5. The van der Waals surface area contributed by atoms with Crippen molar-refractivity contribution in [1.29, 1.82) is 0 Å². The molecule has 1 aromatic heterocycles. The maximum atomic E-state index is 12.4. The summed E-state index contributed by atoms with van der Waals surface area (Å²) in [4.78, 5) is 14.3. The number of benzene rings is 1. The molecule has 1 aromatic carbocycles. The van der Waals surface area contributed by atoms with Gasteiger partial charge in [-0.25, -0.2) is 0 Å². The lowest BCUT2D eigenvalue weighted by Gasteiger charge is -2.36. The van der Waals surface area contributed by atoms with Crippen molar-refractivity contribution in [2.75, 3.05) is 20.2 Å². The number of piperidine rings is 1. The molecular weight excluding hydrogens is 318 g/mol. The van der Waals surface area contributed by atoms with Gasteiger partial charge in [0.1, 0.15) is 0 Å². The van der Waals surface area contributed by atoms with Crippen molar-refractivity contribution in [1.82, 2.24) is 15.1 Å². The first-order valence-corrected chi connectivity index (χ1v) is 8.85. The van der Waals surface area contributed by atoms with E-state index in [0.717, 1.165) is 18.5 Å². The highest BCUT2D eigenvalue weighted by Crippen LogP contribution is 2.21. The second-order valence-electron chi connectivity index (χ2n) is 6.60. The molecular formula is C19H25N3O3. The average Bonchev–Trinajstić information content (AvgIpc) is 3.11. The summed E-state index contributed by atoms with van der Waals surface area (Å²) < 4.78 is 11.2. The molecule has 6 heteroatoms. The van der Waals surface area contributed by atoms with Crippen molar-refractivity contribution < 1.29 is 13.9 Å². The summed E-state index contributed by atoms with van der Waals surface area (Å²) in [5.74, 6) is 1.78. The smallest absolute Gasteiger partial charge is 0.247 e. The van der Waals surface area contributed by atoms with Gasteiger partial charge in [-0.05, 0) is 30.9 Å². The van der Waals surface area contributed by atoms with E-state index in [1.807, 2.05) is 35.2 Å². The van der Waals surface area contributed by atoms with Crippen LogP contribution in [0.1, 0.15) is 32.1 Å². The number of likely N-dealkylation sites (tertiary alicyclic amines) is 1. The van der Waals surface area contributed by atoms with E-state index < -0.39 is 0 Å². The van der Waals surface area contributed by atoms with Crippen LogP contribution in [-0.2, 0) is 16.0 Å². The normalized spacial score (nSPS) is 20.6. The van der Waals surface area contributed by atoms with Crippen LogP contribution in [0.2, 0.25) is 0 Å². The number of aromatic nitrogens is 2. The standard InChI is InChI=1S/C19H25N3O3/c1-14-11-12-22(13-16(14)24-2)18(23)10-6-9-17-20-21-19(25-17)15-7-4-3-5-8-15/h3-5,7-8,14,16H,6,9-13H2,1-2H3/t14-,16-/m0/s1. The first kappa shape index (κ1) is 17.6. The summed E-state index contributed by atoms with van der Waals surface area (Å²) in [6.07, 6.45) is 2.95. The molecule has 134 valence electrons. The number of hydrogen-bond donors (Lipinski definition) is 0. The topological polar surface area (TPSA) is 68.5 Å². The first-order valence-electron chi connectivity index (χ1n) is 8.85. The number of nitrogens with zero attached hydrogens (tertiary/aromatic N) is 3. The number of carbonyl (C=O) groups excluding carboxylic acids is 1. The molecule has 3 rings (SSSR count). The fourth-order valence-electron chi connectivity index (χ4n) is 3.17. The summed E-state index contributed by atoms with van der Waals surface area (Å²) >= 11 is 0. The fraction of sp³-hybridized carbons (Fsp3) is 0.526. The van der Waals surface area contributed by atoms with Crippen molar-refractivity contribution in [2.45, 2.75) is 38.7 Å². The third-order valence-corrected chi connectivity index (χ3v) is 4.81. The molecule has 0 bridgehead atoms. The lowest BCUT2D eigenvalue weighted by Crippen LogP contribution is -2.46. The maximum Gasteiger partial charge on any atom is 0.247 e. The zero-order valence-corrected chi connectivity index (χ0v) is 14.9. The SMILES string of the molecule is CO[C@H]1CN(C(=O)CCCc2nnc(-c3ccccc3)o2)CC[C@@H]1C. The molecule has 6 nitrogen and oxygen atoms in total. The third kappa shape index (κ3) is 4.45. The number of carbonyl (C=O) groups is 1. The highest BCUT2D eigenvalue weighted by molar-refractivity contribution is 5.76. The van der Waals surface area contributed by atoms with Crippen LogP contribution in [0.4, 0.5) is 0 Å². The molecule has 0 spiro atoms. The Bertz CT molecular complexity index is 686. The number of ether oxygens (including phenoxy) is 1. The molecule has 2 aromatic rings. The molecule has 1 saturated heterocycles. The Morgan fingerprint density at radius 2 is 2.12 bits per heavy atom. The summed E-state index contributed by atoms with van der Waals surface area (Å²) in [6, 6.07) is 9.69. The quantitative estimate of drug-likeness (QED) is 0.806. The van der Waals surface area contributed by atoms with Gasteiger partial charge in [-0.2, -0.15) is 0 Å². The van der Waals surface area contributed by atoms with Crippen LogP contribution < -0.4 is 0 Å². The Hall–Kier alpha value is -2.21. The lowest BCUT2D eigenvalue weighted by atomic mass is 9.95. The van der Waals surface area contributed by atoms with Crippen molar-refractivity contribution in [2.24, 2.45) is 5.92 Å². The average molecular weight is 343 g/mol. The summed E-state index contributed by atoms with van der Waals surface area (Å²) in [7, 11) is 1.72. The van der Waals surface area contributed by atoms with Gasteiger partial charge in [0.2, 0.25) is 17.7 Å². The second kappa shape index (κ2) is 8.25. The highest BCUT2D eigenvalue weighted by Gasteiger charge is 2.28. The summed E-state index contributed by atoms with van der Waals surface area (Å²) in [5.41, 5.74) is 0.908. The first-order chi connectivity index (χ1) is 12.2. The minimum Gasteiger partial charge on any atom is -0.421 e. The van der Waals surface area contributed by atoms with Crippen LogP contribution in [0.3, 0.4) is 0 Å². The molecule has 0 aliphatic carbocycles. The van der Waals surface area contributed by atoms with Crippen molar-refractivity contribution in [3.63, 3.8) is 0 Å². The van der Waals surface area contributed by atoms with Gasteiger partial charge in [0.15, 0.2) is 0 Å². The summed E-state index contributed by atoms with van der Waals surface area (Å²) in [5, 5.41) is 8.15. The largest absolute Gasteiger partial charge is 0.421 e. The molecule has 0 saturated carbocycles. The van der Waals surface area contributed by atoms with Crippen molar-refractivity contribution in [3.05, 3.63) is 36.2 Å². The van der Waals surface area contributed by atoms with E-state index in [-0.39, 0.29) is 12.0 Å². The third-order valence-electron chi connectivity index (χ3n) is 4.81. The Morgan fingerprint density at radius 1 is 1.32 bits per heavy atom. The minimum atomic E-state index is 0.141. The van der Waals surface area contributed by atoms with Gasteiger partial charge in [0.05, 0.1) is 6.10 Å². The summed E-state index contributed by atoms with van der Waals surface area (Å²) in [6.45, 7) is 3.68. The zero-order valence-electron chi connectivity index (χ0n) is 14.9. The van der Waals surface area contributed by atoms with Crippen LogP contribution in [-0.4, -0.2) is 47.3 Å². The van der Waals surface area contributed by atoms with Crippen LogP contribution in [0.15, 0.2) is 34.7 Å². The highest BCUT2D eigenvalue weighted by atomic mass is 16.5. The van der Waals surface area contributed by atoms with E-state index in [0.29, 0.717) is 43.5 Å². The molecule has 0 radical (unpaired) electrons. The van der Waals surface area contributed by atoms with Crippen molar-refractivity contribution >= 4 is 5.91 Å². The van der Waals surface area contributed by atoms with E-state index in [4.69, 9.17) is 9.15 Å². The Morgan fingerprint density at radius 3 is 2.88 bits per heavy atom. The maximum absolute atomic E-state index is 12.4. The van der Waals surface area contributed by atoms with Crippen LogP contribution >= 0.6 is 0 Å². The second-order valence-corrected chi connectivity index (χ2v) is 6.60. The number of amides is 1. The monoisotopic (exact) mass is 343 g/mol. The molecule has 1 aliphatic rings. The van der Waals surface area contributed by atoms with E-state index in [9.17, 15) is 4.79 Å². The molecule has 2 atom stereocenters. The Balaban J connectivity index is 1.47. The molecule has 0 unspecified atom stereocenters. The van der Waals surface area contributed by atoms with E-state index in [2.05, 4.69) is 17.1 Å². The number of methoxy groups -OCH3 is 1. The zero-order chi connectivity index (χ0) is 17.6. The van der Waals surface area contributed by atoms with Gasteiger partial charge < -0.3 is 14.1 Å². The van der Waals surface area contributed by atoms with E-state index in [1.54, 1.807) is 7.11 Å². The Labute approximate surface area is 148 Å². The van der Waals surface area contributed by atoms with Gasteiger partial charge in [-0.3, -0.25) is 4.79 Å². The molecule has 1 amide bonds. The predicted molar refractivity (Wildman–Crippen MR) is 93.8 cm³/mol. The number of rotatable bonds is 6. The van der Waals surface area contributed by atoms with Gasteiger partial charge in [-0.1, -0.05) is 25.1 Å². The van der Waals surface area contributed by atoms with Gasteiger partial charge >= 0.3 is 0 Å². The van der Waals surface area contributed by atoms with Gasteiger partial charge in [0, 0.05) is 38.6 Å². The minimum absolute atomic E-state index is 0.141. The van der Waals surface area contributed by atoms with Crippen molar-refractivity contribution in [3.8, 4) is 11.5 Å². The predicted octanol–water partition coefficient (Wildman–Crippen LogP) is 2.94. The molecule has 1 aliphatic heterocycles. The lowest BCUT2D eigenvalue weighted by molar-refractivity contribution is -0.136. The molecule has 0 N–H and O–H groups in total. The Kier molecular flexibility index (Phi) is 5.81.